The molecule has 0 saturated carbocycles. The molecule has 0 unspecified atom stereocenters. The number of hydrogen-bond acceptors (Lipinski definition) is 4. The first-order valence-corrected chi connectivity index (χ1v) is 7.47. The van der Waals surface area contributed by atoms with Crippen LogP contribution in [-0.4, -0.2) is 51.0 Å². The summed E-state index contributed by atoms with van der Waals surface area (Å²) in [5, 5.41) is 13.4. The number of carbonyl (C=O) groups is 2. The first-order valence-electron chi connectivity index (χ1n) is 7.47. The fourth-order valence-electron chi connectivity index (χ4n) is 2.95. The number of likely N-dealkylation sites (tertiary alicyclic amines) is 1. The molecule has 1 aliphatic rings. The van der Waals surface area contributed by atoms with Gasteiger partial charge in [0.25, 0.3) is 0 Å². The number of H-pyrrole nitrogens is 1. The minimum atomic E-state index is -1.03. The monoisotopic (exact) mass is 314 g/mol. The van der Waals surface area contributed by atoms with Gasteiger partial charge in [-0.25, -0.2) is 9.78 Å². The van der Waals surface area contributed by atoms with E-state index in [1.165, 1.54) is 12.3 Å². The van der Waals surface area contributed by atoms with E-state index in [0.717, 1.165) is 18.2 Å². The average Bonchev–Trinajstić information content (AvgIpc) is 3.03. The Morgan fingerprint density at radius 3 is 3.09 bits per heavy atom. The van der Waals surface area contributed by atoms with Crippen molar-refractivity contribution in [1.29, 1.82) is 0 Å². The molecule has 0 bridgehead atoms. The molecule has 23 heavy (non-hydrogen) atoms. The zero-order valence-corrected chi connectivity index (χ0v) is 12.6. The number of carboxylic acid groups (broad SMARTS) is 1. The highest BCUT2D eigenvalue weighted by molar-refractivity contribution is 6.03. The Labute approximate surface area is 133 Å². The quantitative estimate of drug-likeness (QED) is 0.748. The number of rotatable bonds is 4. The predicted molar refractivity (Wildman–Crippen MR) is 86.5 cm³/mol. The smallest absolute Gasteiger partial charge is 0.339 e. The van der Waals surface area contributed by atoms with Gasteiger partial charge >= 0.3 is 5.97 Å². The first kappa shape index (κ1) is 15.1. The van der Waals surface area contributed by atoms with Gasteiger partial charge in [0.2, 0.25) is 5.91 Å². The summed E-state index contributed by atoms with van der Waals surface area (Å²) in [5.41, 5.74) is 1.30. The van der Waals surface area contributed by atoms with Gasteiger partial charge in [-0.3, -0.25) is 4.79 Å². The molecule has 7 heteroatoms. The number of hydrogen-bond donors (Lipinski definition) is 3. The number of pyridine rings is 1. The molecule has 2 aromatic heterocycles. The molecule has 7 nitrogen and oxygen atoms in total. The van der Waals surface area contributed by atoms with Crippen molar-refractivity contribution in [2.45, 2.75) is 18.9 Å². The lowest BCUT2D eigenvalue weighted by Gasteiger charge is -2.33. The Balaban J connectivity index is 1.89. The average molecular weight is 314 g/mol. The number of piperidine rings is 1. The molecule has 1 aliphatic heterocycles. The van der Waals surface area contributed by atoms with E-state index in [1.54, 1.807) is 17.2 Å². The Kier molecular flexibility index (Phi) is 4.01. The van der Waals surface area contributed by atoms with E-state index in [4.69, 9.17) is 0 Å². The number of anilines is 1. The normalized spacial score (nSPS) is 17.9. The van der Waals surface area contributed by atoms with Gasteiger partial charge in [-0.15, -0.1) is 0 Å². The predicted octanol–water partition coefficient (Wildman–Crippen LogP) is 1.85. The molecule has 0 radical (unpaired) electrons. The SMILES string of the molecule is C=CC(=O)N1CCC[C@@H](Nc2c(C(=O)O)cnc3[nH]ccc23)C1. The molecule has 2 aromatic rings. The van der Waals surface area contributed by atoms with Crippen LogP contribution in [0.3, 0.4) is 0 Å². The van der Waals surface area contributed by atoms with E-state index in [-0.39, 0.29) is 17.5 Å². The maximum absolute atomic E-state index is 11.8. The van der Waals surface area contributed by atoms with Gasteiger partial charge < -0.3 is 20.3 Å². The standard InChI is InChI=1S/C16H18N4O3/c1-2-13(21)20-7-3-4-10(9-20)19-14-11-5-6-17-15(11)18-8-12(14)16(22)23/h2,5-6,8,10H,1,3-4,7,9H2,(H,22,23)(H2,17,18,19)/t10-/m1/s1. The van der Waals surface area contributed by atoms with E-state index < -0.39 is 5.97 Å². The molecule has 1 amide bonds. The van der Waals surface area contributed by atoms with Gasteiger partial charge in [-0.05, 0) is 25.0 Å². The third-order valence-electron chi connectivity index (χ3n) is 4.07. The lowest BCUT2D eigenvalue weighted by molar-refractivity contribution is -0.127. The van der Waals surface area contributed by atoms with E-state index in [0.29, 0.717) is 24.4 Å². The van der Waals surface area contributed by atoms with E-state index in [2.05, 4.69) is 21.9 Å². The van der Waals surface area contributed by atoms with E-state index in [1.807, 2.05) is 0 Å². The van der Waals surface area contributed by atoms with Crippen molar-refractivity contribution < 1.29 is 14.7 Å². The van der Waals surface area contributed by atoms with Gasteiger partial charge in [0.05, 0.1) is 5.69 Å². The van der Waals surface area contributed by atoms with Crippen molar-refractivity contribution in [2.75, 3.05) is 18.4 Å². The Bertz CT molecular complexity index is 768. The van der Waals surface area contributed by atoms with Crippen LogP contribution in [0, 0.1) is 0 Å². The van der Waals surface area contributed by atoms with Crippen LogP contribution < -0.4 is 5.32 Å². The van der Waals surface area contributed by atoms with Gasteiger partial charge in [0, 0.05) is 36.9 Å². The topological polar surface area (TPSA) is 98.3 Å². The second-order valence-corrected chi connectivity index (χ2v) is 5.56. The highest BCUT2D eigenvalue weighted by Gasteiger charge is 2.24. The number of fused-ring (bicyclic) bond motifs is 1. The summed E-state index contributed by atoms with van der Waals surface area (Å²) in [6.45, 7) is 4.74. The molecule has 3 N–H and O–H groups in total. The van der Waals surface area contributed by atoms with Gasteiger partial charge in [0.1, 0.15) is 11.2 Å². The molecule has 1 fully saturated rings. The number of amides is 1. The zero-order valence-electron chi connectivity index (χ0n) is 12.6. The summed E-state index contributed by atoms with van der Waals surface area (Å²) in [5.74, 6) is -1.13. The second-order valence-electron chi connectivity index (χ2n) is 5.56. The van der Waals surface area contributed by atoms with Crippen molar-refractivity contribution in [1.82, 2.24) is 14.9 Å². The molecule has 120 valence electrons. The van der Waals surface area contributed by atoms with Crippen LogP contribution in [0.5, 0.6) is 0 Å². The number of aromatic amines is 1. The largest absolute Gasteiger partial charge is 0.478 e. The Morgan fingerprint density at radius 2 is 2.35 bits per heavy atom. The third kappa shape index (κ3) is 2.90. The number of carboxylic acids is 1. The van der Waals surface area contributed by atoms with Crippen molar-refractivity contribution in [3.8, 4) is 0 Å². The molecule has 1 atom stereocenters. The second kappa shape index (κ2) is 6.12. The fraction of sp³-hybridized carbons (Fsp3) is 0.312. The summed E-state index contributed by atoms with van der Waals surface area (Å²) in [6.07, 6.45) is 6.11. The molecule has 0 aliphatic carbocycles. The third-order valence-corrected chi connectivity index (χ3v) is 4.07. The minimum absolute atomic E-state index is 0.00810. The highest BCUT2D eigenvalue weighted by Crippen LogP contribution is 2.27. The molecule has 3 rings (SSSR count). The number of nitrogens with one attached hydrogen (secondary N) is 2. The van der Waals surface area contributed by atoms with Crippen molar-refractivity contribution >= 4 is 28.6 Å². The summed E-state index contributed by atoms with van der Waals surface area (Å²) in [6, 6.07) is 1.79. The van der Waals surface area contributed by atoms with Crippen LogP contribution in [-0.2, 0) is 4.79 Å². The Hall–Kier alpha value is -2.83. The van der Waals surface area contributed by atoms with Gasteiger partial charge in [-0.1, -0.05) is 6.58 Å². The minimum Gasteiger partial charge on any atom is -0.478 e. The lowest BCUT2D eigenvalue weighted by atomic mass is 10.0. The number of aromatic nitrogens is 2. The summed E-state index contributed by atoms with van der Waals surface area (Å²) in [4.78, 5) is 32.1. The molecule has 0 aromatic carbocycles. The molecular formula is C16H18N4O3. The molecule has 3 heterocycles. The van der Waals surface area contributed by atoms with Crippen LogP contribution >= 0.6 is 0 Å². The maximum Gasteiger partial charge on any atom is 0.339 e. The van der Waals surface area contributed by atoms with Crippen LogP contribution in [0.25, 0.3) is 11.0 Å². The maximum atomic E-state index is 11.8. The van der Waals surface area contributed by atoms with Crippen molar-refractivity contribution in [3.63, 3.8) is 0 Å². The first-order chi connectivity index (χ1) is 11.1. The van der Waals surface area contributed by atoms with Crippen LogP contribution in [0.1, 0.15) is 23.2 Å². The van der Waals surface area contributed by atoms with Gasteiger partial charge in [0.15, 0.2) is 0 Å². The number of nitrogens with zero attached hydrogens (tertiary/aromatic N) is 2. The van der Waals surface area contributed by atoms with Crippen molar-refractivity contribution in [2.24, 2.45) is 0 Å². The van der Waals surface area contributed by atoms with E-state index >= 15 is 0 Å². The van der Waals surface area contributed by atoms with Crippen LogP contribution in [0.4, 0.5) is 5.69 Å². The summed E-state index contributed by atoms with van der Waals surface area (Å²) >= 11 is 0. The number of aromatic carboxylic acids is 1. The Morgan fingerprint density at radius 1 is 1.52 bits per heavy atom. The fourth-order valence-corrected chi connectivity index (χ4v) is 2.95. The van der Waals surface area contributed by atoms with E-state index in [9.17, 15) is 14.7 Å². The summed E-state index contributed by atoms with van der Waals surface area (Å²) in [7, 11) is 0. The number of carbonyl (C=O) groups excluding carboxylic acids is 1. The summed E-state index contributed by atoms with van der Waals surface area (Å²) < 4.78 is 0. The molecule has 0 spiro atoms. The van der Waals surface area contributed by atoms with Crippen molar-refractivity contribution in [3.05, 3.63) is 36.7 Å². The lowest BCUT2D eigenvalue weighted by Crippen LogP contribution is -2.44. The van der Waals surface area contributed by atoms with Crippen LogP contribution in [0.15, 0.2) is 31.1 Å². The van der Waals surface area contributed by atoms with Crippen LogP contribution in [0.2, 0.25) is 0 Å². The molecule has 1 saturated heterocycles. The van der Waals surface area contributed by atoms with Gasteiger partial charge in [-0.2, -0.15) is 0 Å². The molecular weight excluding hydrogens is 296 g/mol. The zero-order chi connectivity index (χ0) is 16.4. The highest BCUT2D eigenvalue weighted by atomic mass is 16.4.